The highest BCUT2D eigenvalue weighted by Gasteiger charge is 2.48. The largest absolute Gasteiger partial charge is 0.456 e. The number of carbonyl (C=O) groups is 1. The first-order valence-electron chi connectivity index (χ1n) is 13.1. The normalized spacial score (nSPS) is 25.3. The van der Waals surface area contributed by atoms with Crippen LogP contribution in [0.5, 0.6) is 6.01 Å². The number of pyridine rings is 2. The van der Waals surface area contributed by atoms with Crippen molar-refractivity contribution in [2.75, 3.05) is 13.2 Å². The van der Waals surface area contributed by atoms with E-state index >= 15 is 4.39 Å². The predicted molar refractivity (Wildman–Crippen MR) is 142 cm³/mol. The molecule has 5 heterocycles. The molecule has 2 aliphatic heterocycles. The molecule has 1 aromatic carbocycles. The van der Waals surface area contributed by atoms with E-state index in [1.165, 1.54) is 18.3 Å². The van der Waals surface area contributed by atoms with Crippen molar-refractivity contribution in [1.82, 2.24) is 19.9 Å². The van der Waals surface area contributed by atoms with E-state index in [1.807, 2.05) is 6.07 Å². The molecule has 0 bridgehead atoms. The smallest absolute Gasteiger partial charge is 0.296 e. The highest BCUT2D eigenvalue weighted by atomic mass is 35.5. The molecule has 0 spiro atoms. The van der Waals surface area contributed by atoms with Crippen molar-refractivity contribution in [3.8, 4) is 17.1 Å². The minimum absolute atomic E-state index is 0.0879. The second kappa shape index (κ2) is 9.77. The number of aromatic nitrogens is 4. The van der Waals surface area contributed by atoms with Crippen molar-refractivity contribution in [2.24, 2.45) is 5.73 Å². The summed E-state index contributed by atoms with van der Waals surface area (Å²) in [6.07, 6.45) is 1.63. The molecule has 4 aromatic rings. The van der Waals surface area contributed by atoms with E-state index < -0.39 is 24.2 Å². The Hall–Kier alpha value is -3.64. The number of H-pyrrole nitrogens is 1. The maximum absolute atomic E-state index is 15.4. The minimum Gasteiger partial charge on any atom is -0.456 e. The standard InChI is InChI=1S/C28H25ClFN5O5/c29-16-8-20-27(35-28(34-20)40-22-11-39-24-21(36)10-38-25(22)24)33-19(16)7-13-2-1-12-5-15(6-17(30)23(12)13)14-3-4-18(26(31)37)32-9-14/h3-6,8-9,13,21-22,24-25,36H,1-2,7,10-11H2,(H2,31,37)(H,33,34,35)/t13?,21-,22-,24-,25-/m1/s1. The number of nitrogens with zero attached hydrogens (tertiary/aromatic N) is 3. The molecule has 3 aliphatic rings. The van der Waals surface area contributed by atoms with Crippen LogP contribution in [-0.2, 0) is 22.3 Å². The Morgan fingerprint density at radius 1 is 1.18 bits per heavy atom. The summed E-state index contributed by atoms with van der Waals surface area (Å²) in [6.45, 7) is 0.496. The summed E-state index contributed by atoms with van der Waals surface area (Å²) in [7, 11) is 0. The van der Waals surface area contributed by atoms with Gasteiger partial charge < -0.3 is 30.0 Å². The number of hydrogen-bond acceptors (Lipinski definition) is 8. The third-order valence-corrected chi connectivity index (χ3v) is 8.22. The molecule has 4 N–H and O–H groups in total. The van der Waals surface area contributed by atoms with E-state index in [0.29, 0.717) is 45.0 Å². The van der Waals surface area contributed by atoms with Gasteiger partial charge in [-0.3, -0.25) is 9.78 Å². The number of primary amides is 1. The number of imidazole rings is 1. The third-order valence-electron chi connectivity index (χ3n) is 7.90. The van der Waals surface area contributed by atoms with E-state index in [1.54, 1.807) is 12.1 Å². The lowest BCUT2D eigenvalue weighted by Gasteiger charge is -2.15. The molecule has 12 heteroatoms. The zero-order valence-electron chi connectivity index (χ0n) is 21.1. The number of fused-ring (bicyclic) bond motifs is 3. The number of aliphatic hydroxyl groups excluding tert-OH is 1. The molecule has 2 saturated heterocycles. The molecular formula is C28H25ClFN5O5. The lowest BCUT2D eigenvalue weighted by Crippen LogP contribution is -2.34. The molecule has 0 saturated carbocycles. The van der Waals surface area contributed by atoms with Gasteiger partial charge in [0.05, 0.1) is 29.4 Å². The lowest BCUT2D eigenvalue weighted by atomic mass is 9.93. The summed E-state index contributed by atoms with van der Waals surface area (Å²) in [4.78, 5) is 27.6. The molecule has 2 fully saturated rings. The maximum atomic E-state index is 15.4. The summed E-state index contributed by atoms with van der Waals surface area (Å²) in [5, 5.41) is 10.4. The Balaban J connectivity index is 1.10. The van der Waals surface area contributed by atoms with Gasteiger partial charge in [0.2, 0.25) is 0 Å². The average molecular weight is 566 g/mol. The molecule has 5 atom stereocenters. The number of carbonyl (C=O) groups excluding carboxylic acids is 1. The van der Waals surface area contributed by atoms with Crippen LogP contribution in [0, 0.1) is 5.82 Å². The number of halogens is 2. The molecule has 40 heavy (non-hydrogen) atoms. The maximum Gasteiger partial charge on any atom is 0.296 e. The molecule has 1 aliphatic carbocycles. The first-order valence-corrected chi connectivity index (χ1v) is 13.4. The molecule has 0 radical (unpaired) electrons. The first-order chi connectivity index (χ1) is 19.3. The van der Waals surface area contributed by atoms with Crippen molar-refractivity contribution >= 4 is 28.7 Å². The van der Waals surface area contributed by atoms with Crippen LogP contribution in [0.2, 0.25) is 5.02 Å². The number of aryl methyl sites for hydroxylation is 1. The Labute approximate surface area is 232 Å². The average Bonchev–Trinajstić information content (AvgIpc) is 3.71. The number of hydrogen-bond donors (Lipinski definition) is 3. The number of aromatic amines is 1. The van der Waals surface area contributed by atoms with Crippen LogP contribution in [0.15, 0.2) is 36.5 Å². The molecule has 1 unspecified atom stereocenters. The number of amides is 1. The monoisotopic (exact) mass is 565 g/mol. The van der Waals surface area contributed by atoms with Gasteiger partial charge in [0, 0.05) is 11.8 Å². The quantitative estimate of drug-likeness (QED) is 0.323. The Kier molecular flexibility index (Phi) is 6.19. The van der Waals surface area contributed by atoms with E-state index in [-0.39, 0.29) is 42.8 Å². The number of rotatable bonds is 6. The second-order valence-electron chi connectivity index (χ2n) is 10.4. The molecule has 10 nitrogen and oxygen atoms in total. The predicted octanol–water partition coefficient (Wildman–Crippen LogP) is 3.09. The molecular weight excluding hydrogens is 541 g/mol. The van der Waals surface area contributed by atoms with Gasteiger partial charge in [-0.05, 0) is 60.1 Å². The zero-order valence-corrected chi connectivity index (χ0v) is 21.9. The van der Waals surface area contributed by atoms with E-state index in [4.69, 9.17) is 31.5 Å². The Bertz CT molecular complexity index is 1630. The van der Waals surface area contributed by atoms with E-state index in [0.717, 1.165) is 18.4 Å². The van der Waals surface area contributed by atoms with Crippen LogP contribution in [0.3, 0.4) is 0 Å². The fraction of sp³-hybridized carbons (Fsp3) is 0.357. The number of benzene rings is 1. The van der Waals surface area contributed by atoms with Crippen molar-refractivity contribution in [3.05, 3.63) is 69.9 Å². The van der Waals surface area contributed by atoms with Gasteiger partial charge in [0.25, 0.3) is 11.9 Å². The number of nitrogens with two attached hydrogens (primary N) is 1. The van der Waals surface area contributed by atoms with Gasteiger partial charge in [-0.1, -0.05) is 23.7 Å². The second-order valence-corrected chi connectivity index (χ2v) is 10.8. The Morgan fingerprint density at radius 3 is 2.83 bits per heavy atom. The van der Waals surface area contributed by atoms with Gasteiger partial charge in [-0.25, -0.2) is 9.37 Å². The van der Waals surface area contributed by atoms with Crippen molar-refractivity contribution in [1.29, 1.82) is 0 Å². The van der Waals surface area contributed by atoms with Gasteiger partial charge >= 0.3 is 0 Å². The van der Waals surface area contributed by atoms with Crippen LogP contribution in [0.1, 0.15) is 39.6 Å². The summed E-state index contributed by atoms with van der Waals surface area (Å²) >= 11 is 6.60. The van der Waals surface area contributed by atoms with E-state index in [9.17, 15) is 9.90 Å². The van der Waals surface area contributed by atoms with Crippen molar-refractivity contribution in [3.63, 3.8) is 0 Å². The zero-order chi connectivity index (χ0) is 27.5. The lowest BCUT2D eigenvalue weighted by molar-refractivity contribution is 0.00706. The van der Waals surface area contributed by atoms with Gasteiger partial charge in [0.1, 0.15) is 29.8 Å². The van der Waals surface area contributed by atoms with Crippen LogP contribution in [-0.4, -0.2) is 68.6 Å². The number of nitrogens with one attached hydrogen (secondary N) is 1. The fourth-order valence-corrected chi connectivity index (χ4v) is 6.18. The van der Waals surface area contributed by atoms with Crippen LogP contribution >= 0.6 is 11.6 Å². The number of ether oxygens (including phenoxy) is 3. The van der Waals surface area contributed by atoms with Crippen molar-refractivity contribution in [2.45, 2.75) is 49.6 Å². The summed E-state index contributed by atoms with van der Waals surface area (Å²) in [5.74, 6) is -0.993. The summed E-state index contributed by atoms with van der Waals surface area (Å²) in [5.41, 5.74) is 10.1. The third kappa shape index (κ3) is 4.39. The molecule has 1 amide bonds. The number of aliphatic hydroxyl groups is 1. The van der Waals surface area contributed by atoms with Crippen LogP contribution < -0.4 is 10.5 Å². The van der Waals surface area contributed by atoms with Gasteiger partial charge in [-0.15, -0.1) is 0 Å². The summed E-state index contributed by atoms with van der Waals surface area (Å²) in [6, 6.07) is 8.73. The molecule has 3 aromatic heterocycles. The van der Waals surface area contributed by atoms with Crippen molar-refractivity contribution < 1.29 is 28.5 Å². The van der Waals surface area contributed by atoms with Crippen LogP contribution in [0.25, 0.3) is 22.3 Å². The minimum atomic E-state index is -0.665. The SMILES string of the molecule is NC(=O)c1ccc(-c2cc(F)c3c(c2)CCC3Cc2nc3nc(O[C@@H]4CO[C@H]5[C@@H]4OC[C@H]5O)[nH]c3cc2Cl)cn1. The Morgan fingerprint density at radius 2 is 2.02 bits per heavy atom. The van der Waals surface area contributed by atoms with Gasteiger partial charge in [0.15, 0.2) is 11.8 Å². The first kappa shape index (κ1) is 25.3. The summed E-state index contributed by atoms with van der Waals surface area (Å²) < 4.78 is 32.7. The topological polar surface area (TPSA) is 145 Å². The van der Waals surface area contributed by atoms with E-state index in [2.05, 4.69) is 19.9 Å². The molecule has 7 rings (SSSR count). The van der Waals surface area contributed by atoms with Gasteiger partial charge in [-0.2, -0.15) is 4.98 Å². The highest BCUT2D eigenvalue weighted by molar-refractivity contribution is 6.31. The fourth-order valence-electron chi connectivity index (χ4n) is 5.95. The van der Waals surface area contributed by atoms with Crippen LogP contribution in [0.4, 0.5) is 4.39 Å². The highest BCUT2D eigenvalue weighted by Crippen LogP contribution is 2.40. The molecule has 206 valence electrons.